The van der Waals surface area contributed by atoms with E-state index in [2.05, 4.69) is 35.1 Å². The van der Waals surface area contributed by atoms with Crippen LogP contribution in [0, 0.1) is 0 Å². The lowest BCUT2D eigenvalue weighted by atomic mass is 10.0. The van der Waals surface area contributed by atoms with Crippen molar-refractivity contribution in [2.24, 2.45) is 0 Å². The van der Waals surface area contributed by atoms with Crippen LogP contribution in [-0.4, -0.2) is 11.5 Å². The largest absolute Gasteiger partial charge is 0.305 e. The fraction of sp³-hybridized carbons (Fsp3) is 1.00. The number of hydrogen-bond acceptors (Lipinski definition) is 1. The third kappa shape index (κ3) is 18.4. The van der Waals surface area contributed by atoms with Crippen LogP contribution in [0.4, 0.5) is 0 Å². The first-order valence-corrected chi connectivity index (χ1v) is 10.6. The molecule has 0 rings (SSSR count). The Balaban J connectivity index is 2.96. The highest BCUT2D eigenvalue weighted by Gasteiger charge is 1.98. The Morgan fingerprint density at radius 3 is 1.38 bits per heavy atom. The molecule has 0 radical (unpaired) electrons. The van der Waals surface area contributed by atoms with E-state index < -0.39 is 0 Å². The molecule has 0 aliphatic heterocycles. The molecular formula is C19H40BrN. The number of nitrogens with one attached hydrogen (secondary N) is 1. The van der Waals surface area contributed by atoms with Crippen molar-refractivity contribution in [2.45, 2.75) is 115 Å². The predicted octanol–water partition coefficient (Wildman–Crippen LogP) is 7.19. The van der Waals surface area contributed by atoms with E-state index in [4.69, 9.17) is 0 Å². The first kappa shape index (κ1) is 21.4. The fourth-order valence-corrected chi connectivity index (χ4v) is 2.95. The van der Waals surface area contributed by atoms with Crippen molar-refractivity contribution in [3.63, 3.8) is 0 Å². The lowest BCUT2D eigenvalue weighted by molar-refractivity contribution is 0.527. The molecule has 0 aromatic rings. The van der Waals surface area contributed by atoms with Crippen molar-refractivity contribution < 1.29 is 0 Å². The Morgan fingerprint density at radius 2 is 1.00 bits per heavy atom. The summed E-state index contributed by atoms with van der Waals surface area (Å²) in [4.78, 5) is 0.513. The molecule has 0 saturated heterocycles. The van der Waals surface area contributed by atoms with Crippen molar-refractivity contribution in [2.75, 3.05) is 6.54 Å². The second kappa shape index (κ2) is 18.5. The number of alkyl halides is 1. The average molecular weight is 362 g/mol. The molecule has 21 heavy (non-hydrogen) atoms. The second-order valence-electron chi connectivity index (χ2n) is 6.43. The molecule has 2 heteroatoms. The van der Waals surface area contributed by atoms with Crippen molar-refractivity contribution in [3.05, 3.63) is 0 Å². The molecule has 0 amide bonds. The Labute approximate surface area is 143 Å². The number of unbranched alkanes of at least 4 members (excludes halogenated alkanes) is 13. The highest BCUT2D eigenvalue weighted by Crippen LogP contribution is 2.12. The van der Waals surface area contributed by atoms with Gasteiger partial charge in [-0.1, -0.05) is 113 Å². The minimum absolute atomic E-state index is 0.513. The summed E-state index contributed by atoms with van der Waals surface area (Å²) in [6.07, 6.45) is 21.3. The maximum absolute atomic E-state index is 3.61. The molecule has 1 nitrogen and oxygen atoms in total. The summed E-state index contributed by atoms with van der Waals surface area (Å²) in [5, 5.41) is 3.49. The molecule has 1 N–H and O–H groups in total. The summed E-state index contributed by atoms with van der Waals surface area (Å²) >= 11 is 3.61. The molecule has 0 bridgehead atoms. The third-order valence-electron chi connectivity index (χ3n) is 4.25. The molecule has 0 aromatic carbocycles. The van der Waals surface area contributed by atoms with Gasteiger partial charge in [0.1, 0.15) is 0 Å². The lowest BCUT2D eigenvalue weighted by Crippen LogP contribution is -2.23. The van der Waals surface area contributed by atoms with Crippen LogP contribution in [0.5, 0.6) is 0 Å². The Kier molecular flexibility index (Phi) is 18.9. The Hall–Kier alpha value is 0.440. The zero-order chi connectivity index (χ0) is 15.6. The van der Waals surface area contributed by atoms with E-state index in [0.29, 0.717) is 4.95 Å². The van der Waals surface area contributed by atoms with Crippen molar-refractivity contribution in [3.8, 4) is 0 Å². The van der Waals surface area contributed by atoms with Gasteiger partial charge in [0, 0.05) is 0 Å². The van der Waals surface area contributed by atoms with Crippen LogP contribution < -0.4 is 5.32 Å². The molecule has 128 valence electrons. The fourth-order valence-electron chi connectivity index (χ4n) is 2.72. The van der Waals surface area contributed by atoms with Gasteiger partial charge in [-0.25, -0.2) is 0 Å². The van der Waals surface area contributed by atoms with Crippen LogP contribution in [0.15, 0.2) is 0 Å². The Morgan fingerprint density at radius 1 is 0.619 bits per heavy atom. The van der Waals surface area contributed by atoms with Gasteiger partial charge in [-0.05, 0) is 19.4 Å². The van der Waals surface area contributed by atoms with Crippen molar-refractivity contribution >= 4 is 15.9 Å². The summed E-state index contributed by atoms with van der Waals surface area (Å²) in [6, 6.07) is 0. The molecule has 0 saturated carbocycles. The van der Waals surface area contributed by atoms with Gasteiger partial charge in [0.2, 0.25) is 0 Å². The second-order valence-corrected chi connectivity index (χ2v) is 7.53. The van der Waals surface area contributed by atoms with Crippen molar-refractivity contribution in [1.82, 2.24) is 5.32 Å². The summed E-state index contributed by atoms with van der Waals surface area (Å²) in [6.45, 7) is 5.67. The normalized spacial score (nSPS) is 12.7. The van der Waals surface area contributed by atoms with Crippen LogP contribution in [0.1, 0.15) is 110 Å². The van der Waals surface area contributed by atoms with Crippen LogP contribution in [0.25, 0.3) is 0 Å². The SMILES string of the molecule is CCCCCCCCCCCCCCCCNC(Br)CC. The van der Waals surface area contributed by atoms with E-state index in [9.17, 15) is 0 Å². The summed E-state index contributed by atoms with van der Waals surface area (Å²) in [5.41, 5.74) is 0. The molecule has 0 aliphatic rings. The topological polar surface area (TPSA) is 12.0 Å². The van der Waals surface area contributed by atoms with Crippen molar-refractivity contribution in [1.29, 1.82) is 0 Å². The molecule has 0 fully saturated rings. The molecule has 0 aliphatic carbocycles. The van der Waals surface area contributed by atoms with Gasteiger partial charge in [0.05, 0.1) is 4.95 Å². The Bertz CT molecular complexity index is 184. The third-order valence-corrected chi connectivity index (χ3v) is 5.23. The zero-order valence-corrected chi connectivity index (χ0v) is 16.4. The lowest BCUT2D eigenvalue weighted by Gasteiger charge is -2.09. The van der Waals surface area contributed by atoms with Gasteiger partial charge < -0.3 is 5.32 Å². The molecular weight excluding hydrogens is 322 g/mol. The average Bonchev–Trinajstić information content (AvgIpc) is 2.50. The van der Waals surface area contributed by atoms with Gasteiger partial charge in [-0.3, -0.25) is 0 Å². The summed E-state index contributed by atoms with van der Waals surface area (Å²) < 4.78 is 0. The first-order valence-electron chi connectivity index (χ1n) is 9.68. The highest BCUT2D eigenvalue weighted by molar-refractivity contribution is 9.09. The van der Waals surface area contributed by atoms with Gasteiger partial charge in [-0.2, -0.15) is 0 Å². The number of rotatable bonds is 17. The quantitative estimate of drug-likeness (QED) is 0.164. The van der Waals surface area contributed by atoms with E-state index >= 15 is 0 Å². The predicted molar refractivity (Wildman–Crippen MR) is 101 cm³/mol. The monoisotopic (exact) mass is 361 g/mol. The van der Waals surface area contributed by atoms with E-state index in [0.717, 1.165) is 0 Å². The maximum Gasteiger partial charge on any atom is 0.0628 e. The summed E-state index contributed by atoms with van der Waals surface area (Å²) in [5.74, 6) is 0. The number of hydrogen-bond donors (Lipinski definition) is 1. The highest BCUT2D eigenvalue weighted by atomic mass is 79.9. The van der Waals surface area contributed by atoms with Crippen LogP contribution >= 0.6 is 15.9 Å². The van der Waals surface area contributed by atoms with Gasteiger partial charge in [0.15, 0.2) is 0 Å². The number of halogens is 1. The standard InChI is InChI=1S/C19H40BrN/c1-3-5-6-7-8-9-10-11-12-13-14-15-16-17-18-21-19(20)4-2/h19,21H,3-18H2,1-2H3. The molecule has 0 aromatic heterocycles. The maximum atomic E-state index is 3.61. The molecule has 0 spiro atoms. The van der Waals surface area contributed by atoms with Gasteiger partial charge >= 0.3 is 0 Å². The minimum atomic E-state index is 0.513. The van der Waals surface area contributed by atoms with Crippen LogP contribution in [0.3, 0.4) is 0 Å². The zero-order valence-electron chi connectivity index (χ0n) is 14.8. The van der Waals surface area contributed by atoms with Gasteiger partial charge in [0.25, 0.3) is 0 Å². The van der Waals surface area contributed by atoms with E-state index in [1.165, 1.54) is 103 Å². The molecule has 1 unspecified atom stereocenters. The van der Waals surface area contributed by atoms with Gasteiger partial charge in [-0.15, -0.1) is 0 Å². The smallest absolute Gasteiger partial charge is 0.0628 e. The van der Waals surface area contributed by atoms with E-state index in [1.54, 1.807) is 0 Å². The van der Waals surface area contributed by atoms with E-state index in [-0.39, 0.29) is 0 Å². The summed E-state index contributed by atoms with van der Waals surface area (Å²) in [7, 11) is 0. The van der Waals surface area contributed by atoms with E-state index in [1.807, 2.05) is 0 Å². The minimum Gasteiger partial charge on any atom is -0.305 e. The van der Waals surface area contributed by atoms with Crippen LogP contribution in [0.2, 0.25) is 0 Å². The van der Waals surface area contributed by atoms with Crippen LogP contribution in [-0.2, 0) is 0 Å². The first-order chi connectivity index (χ1) is 10.3. The molecule has 1 atom stereocenters. The molecule has 0 heterocycles.